The van der Waals surface area contributed by atoms with Crippen molar-refractivity contribution < 1.29 is 14.6 Å². The van der Waals surface area contributed by atoms with E-state index in [1.165, 1.54) is 0 Å². The van der Waals surface area contributed by atoms with Crippen LogP contribution in [0.15, 0.2) is 0 Å². The molecule has 68 valence electrons. The largest absolute Gasteiger partial charge is 0.465 e. The third-order valence-corrected chi connectivity index (χ3v) is 2.64. The normalized spacial score (nSPS) is 31.5. The molecule has 1 atom stereocenters. The Balaban J connectivity index is 1.99. The zero-order valence-electron chi connectivity index (χ0n) is 6.67. The molecule has 0 radical (unpaired) electrons. The van der Waals surface area contributed by atoms with Crippen LogP contribution < -0.4 is 10.6 Å². The van der Waals surface area contributed by atoms with Gasteiger partial charge in [0, 0.05) is 13.1 Å². The monoisotopic (exact) mass is 172 g/mol. The molecule has 1 spiro atoms. The van der Waals surface area contributed by atoms with Gasteiger partial charge in [0.25, 0.3) is 0 Å². The molecule has 0 bridgehead atoms. The quantitative estimate of drug-likeness (QED) is 0.486. The van der Waals surface area contributed by atoms with Crippen molar-refractivity contribution in [3.8, 4) is 0 Å². The summed E-state index contributed by atoms with van der Waals surface area (Å²) < 4.78 is 5.10. The fourth-order valence-electron chi connectivity index (χ4n) is 1.83. The molecular weight excluding hydrogens is 160 g/mol. The van der Waals surface area contributed by atoms with E-state index in [9.17, 15) is 4.79 Å². The van der Waals surface area contributed by atoms with E-state index in [4.69, 9.17) is 9.84 Å². The maximum atomic E-state index is 10.4. The van der Waals surface area contributed by atoms with Gasteiger partial charge in [-0.15, -0.1) is 0 Å². The average Bonchev–Trinajstić information content (AvgIpc) is 2.28. The highest BCUT2D eigenvalue weighted by molar-refractivity contribution is 5.65. The van der Waals surface area contributed by atoms with Crippen LogP contribution in [0.4, 0.5) is 4.79 Å². The van der Waals surface area contributed by atoms with Crippen LogP contribution in [-0.2, 0) is 4.74 Å². The van der Waals surface area contributed by atoms with Gasteiger partial charge in [0.1, 0.15) is 0 Å². The lowest BCUT2D eigenvalue weighted by atomic mass is 9.81. The van der Waals surface area contributed by atoms with E-state index in [0.717, 1.165) is 13.1 Å². The van der Waals surface area contributed by atoms with Gasteiger partial charge in [0.15, 0.2) is 0 Å². The van der Waals surface area contributed by atoms with Gasteiger partial charge in [-0.05, 0) is 0 Å². The van der Waals surface area contributed by atoms with Gasteiger partial charge in [-0.2, -0.15) is 0 Å². The van der Waals surface area contributed by atoms with Gasteiger partial charge in [0.05, 0.1) is 24.7 Å². The summed E-state index contributed by atoms with van der Waals surface area (Å²) in [5.41, 5.74) is 0.0401. The van der Waals surface area contributed by atoms with Crippen LogP contribution in [0.1, 0.15) is 0 Å². The molecule has 0 aromatic carbocycles. The maximum absolute atomic E-state index is 10.4. The molecule has 5 nitrogen and oxygen atoms in total. The Morgan fingerprint density at radius 1 is 1.67 bits per heavy atom. The number of amides is 1. The number of carbonyl (C=O) groups is 1. The van der Waals surface area contributed by atoms with E-state index >= 15 is 0 Å². The van der Waals surface area contributed by atoms with Crippen molar-refractivity contribution in [1.82, 2.24) is 10.6 Å². The number of carboxylic acid groups (broad SMARTS) is 1. The summed E-state index contributed by atoms with van der Waals surface area (Å²) in [5, 5.41) is 14.2. The predicted molar refractivity (Wildman–Crippen MR) is 41.1 cm³/mol. The summed E-state index contributed by atoms with van der Waals surface area (Å²) in [7, 11) is 0. The molecular formula is C7H12N2O3. The number of nitrogens with one attached hydrogen (secondary N) is 2. The minimum atomic E-state index is -0.949. The zero-order chi connectivity index (χ0) is 8.60. The number of hydrogen-bond acceptors (Lipinski definition) is 3. The molecule has 3 N–H and O–H groups in total. The Morgan fingerprint density at radius 3 is 2.92 bits per heavy atom. The number of ether oxygens (including phenoxy) is 1. The SMILES string of the molecule is O=C(O)NC1CNCC12COC2. The van der Waals surface area contributed by atoms with Crippen LogP contribution in [0.5, 0.6) is 0 Å². The fourth-order valence-corrected chi connectivity index (χ4v) is 1.83. The number of rotatable bonds is 1. The molecule has 0 aromatic rings. The Labute approximate surface area is 70.1 Å². The Kier molecular flexibility index (Phi) is 1.69. The van der Waals surface area contributed by atoms with Crippen molar-refractivity contribution in [1.29, 1.82) is 0 Å². The zero-order valence-corrected chi connectivity index (χ0v) is 6.67. The smallest absolute Gasteiger partial charge is 0.404 e. The number of hydrogen-bond donors (Lipinski definition) is 3. The molecule has 0 aliphatic carbocycles. The molecule has 0 aromatic heterocycles. The minimum Gasteiger partial charge on any atom is -0.465 e. The summed E-state index contributed by atoms with van der Waals surface area (Å²) in [4.78, 5) is 10.4. The highest BCUT2D eigenvalue weighted by Crippen LogP contribution is 2.33. The molecule has 2 saturated heterocycles. The molecule has 2 rings (SSSR count). The third kappa shape index (κ3) is 1.05. The molecule has 12 heavy (non-hydrogen) atoms. The molecule has 5 heteroatoms. The lowest BCUT2D eigenvalue weighted by Gasteiger charge is -2.41. The standard InChI is InChI=1S/C7H12N2O3/c10-6(11)9-5-1-8-2-7(5)3-12-4-7/h5,8-9H,1-4H2,(H,10,11). The van der Waals surface area contributed by atoms with Crippen molar-refractivity contribution >= 4 is 6.09 Å². The molecule has 1 amide bonds. The lowest BCUT2D eigenvalue weighted by Crippen LogP contribution is -2.57. The topological polar surface area (TPSA) is 70.6 Å². The van der Waals surface area contributed by atoms with Gasteiger partial charge < -0.3 is 20.5 Å². The van der Waals surface area contributed by atoms with Gasteiger partial charge in [0.2, 0.25) is 0 Å². The predicted octanol–water partition coefficient (Wildman–Crippen LogP) is -0.758. The summed E-state index contributed by atoms with van der Waals surface area (Å²) >= 11 is 0. The summed E-state index contributed by atoms with van der Waals surface area (Å²) in [6, 6.07) is 0.0174. The molecule has 2 aliphatic rings. The van der Waals surface area contributed by atoms with Crippen molar-refractivity contribution in [3.05, 3.63) is 0 Å². The Bertz CT molecular complexity index is 203. The van der Waals surface area contributed by atoms with E-state index in [0.29, 0.717) is 13.2 Å². The molecule has 0 saturated carbocycles. The van der Waals surface area contributed by atoms with Crippen molar-refractivity contribution in [2.45, 2.75) is 6.04 Å². The second-order valence-corrected chi connectivity index (χ2v) is 3.49. The van der Waals surface area contributed by atoms with Crippen LogP contribution in [0.2, 0.25) is 0 Å². The first-order valence-electron chi connectivity index (χ1n) is 4.01. The van der Waals surface area contributed by atoms with Crippen LogP contribution in [0.25, 0.3) is 0 Å². The van der Waals surface area contributed by atoms with Crippen LogP contribution in [0.3, 0.4) is 0 Å². The molecule has 2 fully saturated rings. The first-order valence-corrected chi connectivity index (χ1v) is 4.01. The summed E-state index contributed by atoms with van der Waals surface area (Å²) in [6.07, 6.45) is -0.949. The lowest BCUT2D eigenvalue weighted by molar-refractivity contribution is -0.111. The fraction of sp³-hybridized carbons (Fsp3) is 0.857. The van der Waals surface area contributed by atoms with Crippen molar-refractivity contribution in [3.63, 3.8) is 0 Å². The van der Waals surface area contributed by atoms with E-state index in [2.05, 4.69) is 10.6 Å². The minimum absolute atomic E-state index is 0.0174. The van der Waals surface area contributed by atoms with E-state index < -0.39 is 6.09 Å². The molecule has 2 heterocycles. The van der Waals surface area contributed by atoms with Crippen LogP contribution >= 0.6 is 0 Å². The third-order valence-electron chi connectivity index (χ3n) is 2.64. The van der Waals surface area contributed by atoms with Crippen LogP contribution in [0, 0.1) is 5.41 Å². The van der Waals surface area contributed by atoms with E-state index in [1.54, 1.807) is 0 Å². The van der Waals surface area contributed by atoms with Crippen molar-refractivity contribution in [2.24, 2.45) is 5.41 Å². The second-order valence-electron chi connectivity index (χ2n) is 3.49. The first-order chi connectivity index (χ1) is 5.73. The van der Waals surface area contributed by atoms with E-state index in [-0.39, 0.29) is 11.5 Å². The van der Waals surface area contributed by atoms with Gasteiger partial charge in [-0.25, -0.2) is 4.79 Å². The highest BCUT2D eigenvalue weighted by atomic mass is 16.5. The van der Waals surface area contributed by atoms with Crippen LogP contribution in [-0.4, -0.2) is 43.5 Å². The second kappa shape index (κ2) is 2.60. The Morgan fingerprint density at radius 2 is 2.42 bits per heavy atom. The average molecular weight is 172 g/mol. The first kappa shape index (κ1) is 7.82. The highest BCUT2D eigenvalue weighted by Gasteiger charge is 2.49. The molecule has 1 unspecified atom stereocenters. The Hall–Kier alpha value is -0.810. The molecule has 2 aliphatic heterocycles. The van der Waals surface area contributed by atoms with E-state index in [1.807, 2.05) is 0 Å². The maximum Gasteiger partial charge on any atom is 0.404 e. The van der Waals surface area contributed by atoms with Gasteiger partial charge >= 0.3 is 6.09 Å². The van der Waals surface area contributed by atoms with Crippen molar-refractivity contribution in [2.75, 3.05) is 26.3 Å². The summed E-state index contributed by atoms with van der Waals surface area (Å²) in [6.45, 7) is 2.92. The summed E-state index contributed by atoms with van der Waals surface area (Å²) in [5.74, 6) is 0. The van der Waals surface area contributed by atoms with Gasteiger partial charge in [-0.3, -0.25) is 0 Å². The van der Waals surface area contributed by atoms with Gasteiger partial charge in [-0.1, -0.05) is 0 Å².